The zero-order valence-electron chi connectivity index (χ0n) is 13.5. The molecule has 0 amide bonds. The first-order valence-corrected chi connectivity index (χ1v) is 8.55. The summed E-state index contributed by atoms with van der Waals surface area (Å²) in [6, 6.07) is 6.95. The molecule has 3 nitrogen and oxygen atoms in total. The summed E-state index contributed by atoms with van der Waals surface area (Å²) in [7, 11) is 0. The van der Waals surface area contributed by atoms with Gasteiger partial charge < -0.3 is 10.2 Å². The van der Waals surface area contributed by atoms with Gasteiger partial charge in [0.25, 0.3) is 0 Å². The van der Waals surface area contributed by atoms with Gasteiger partial charge in [0.15, 0.2) is 0 Å². The molecule has 1 aliphatic heterocycles. The third-order valence-corrected chi connectivity index (χ3v) is 4.68. The molecule has 0 bridgehead atoms. The summed E-state index contributed by atoms with van der Waals surface area (Å²) in [4.78, 5) is 5.07. The van der Waals surface area contributed by atoms with Gasteiger partial charge in [-0.25, -0.2) is 0 Å². The Hall–Kier alpha value is -0.770. The topological polar surface area (TPSA) is 18.5 Å². The molecule has 1 heterocycles. The van der Waals surface area contributed by atoms with Crippen LogP contribution in [0.25, 0.3) is 0 Å². The lowest BCUT2D eigenvalue weighted by Gasteiger charge is -2.27. The molecular formula is C17H28ClN3. The van der Waals surface area contributed by atoms with Crippen LogP contribution in [0.5, 0.6) is 0 Å². The minimum absolute atomic E-state index is 0.672. The van der Waals surface area contributed by atoms with Crippen LogP contribution in [0.2, 0.25) is 5.02 Å². The molecule has 0 aliphatic carbocycles. The highest BCUT2D eigenvalue weighted by Gasteiger charge is 2.27. The minimum Gasteiger partial charge on any atom is -0.370 e. The second kappa shape index (κ2) is 8.02. The van der Waals surface area contributed by atoms with Gasteiger partial charge in [-0.05, 0) is 43.8 Å². The first-order chi connectivity index (χ1) is 10.2. The highest BCUT2D eigenvalue weighted by atomic mass is 35.5. The Kier molecular flexibility index (Phi) is 6.34. The number of rotatable bonds is 7. The lowest BCUT2D eigenvalue weighted by atomic mass is 10.1. The van der Waals surface area contributed by atoms with Gasteiger partial charge in [-0.2, -0.15) is 0 Å². The molecule has 4 heteroatoms. The van der Waals surface area contributed by atoms with Gasteiger partial charge in [0.1, 0.15) is 0 Å². The fourth-order valence-corrected chi connectivity index (χ4v) is 3.41. The molecule has 1 unspecified atom stereocenters. The maximum absolute atomic E-state index is 6.23. The van der Waals surface area contributed by atoms with Crippen molar-refractivity contribution >= 4 is 17.3 Å². The average molecular weight is 310 g/mol. The highest BCUT2D eigenvalue weighted by Crippen LogP contribution is 2.29. The summed E-state index contributed by atoms with van der Waals surface area (Å²) in [5.74, 6) is 0. The third kappa shape index (κ3) is 4.12. The number of benzene rings is 1. The molecule has 1 aromatic rings. The maximum Gasteiger partial charge on any atom is 0.0427 e. The van der Waals surface area contributed by atoms with Crippen molar-refractivity contribution in [2.75, 3.05) is 37.6 Å². The Bertz CT molecular complexity index is 446. The standard InChI is InChI=1S/C17H28ClN3/c1-4-19-12-14-7-8-15(18)11-17(14)21-10-9-16(13-21)20(5-2)6-3/h7-8,11,16,19H,4-6,9-10,12-13H2,1-3H3. The molecule has 1 fully saturated rings. The zero-order chi connectivity index (χ0) is 15.2. The third-order valence-electron chi connectivity index (χ3n) is 4.45. The largest absolute Gasteiger partial charge is 0.370 e. The normalized spacial score (nSPS) is 18.7. The van der Waals surface area contributed by atoms with Crippen LogP contribution in [0.1, 0.15) is 32.8 Å². The second-order valence-electron chi connectivity index (χ2n) is 5.66. The van der Waals surface area contributed by atoms with Crippen LogP contribution >= 0.6 is 11.6 Å². The van der Waals surface area contributed by atoms with Crippen molar-refractivity contribution in [1.82, 2.24) is 10.2 Å². The lowest BCUT2D eigenvalue weighted by molar-refractivity contribution is 0.232. The Morgan fingerprint density at radius 1 is 1.29 bits per heavy atom. The summed E-state index contributed by atoms with van der Waals surface area (Å²) in [5.41, 5.74) is 2.65. The van der Waals surface area contributed by atoms with Crippen molar-refractivity contribution in [3.63, 3.8) is 0 Å². The number of nitrogens with one attached hydrogen (secondary N) is 1. The zero-order valence-corrected chi connectivity index (χ0v) is 14.3. The summed E-state index contributed by atoms with van der Waals surface area (Å²) in [6.07, 6.45) is 1.24. The number of hydrogen-bond acceptors (Lipinski definition) is 3. The minimum atomic E-state index is 0.672. The SMILES string of the molecule is CCNCc1ccc(Cl)cc1N1CCC(N(CC)CC)C1. The molecular weight excluding hydrogens is 282 g/mol. The molecule has 1 aliphatic rings. The van der Waals surface area contributed by atoms with Gasteiger partial charge in [0.2, 0.25) is 0 Å². The first-order valence-electron chi connectivity index (χ1n) is 8.17. The van der Waals surface area contributed by atoms with E-state index in [-0.39, 0.29) is 0 Å². The molecule has 1 atom stereocenters. The number of hydrogen-bond donors (Lipinski definition) is 1. The molecule has 1 saturated heterocycles. The Labute approximate surface area is 134 Å². The average Bonchev–Trinajstić information content (AvgIpc) is 2.97. The van der Waals surface area contributed by atoms with E-state index in [0.29, 0.717) is 6.04 Å². The quantitative estimate of drug-likeness (QED) is 0.833. The van der Waals surface area contributed by atoms with E-state index in [2.05, 4.69) is 48.0 Å². The van der Waals surface area contributed by atoms with Gasteiger partial charge in [0.05, 0.1) is 0 Å². The smallest absolute Gasteiger partial charge is 0.0427 e. The van der Waals surface area contributed by atoms with E-state index in [0.717, 1.165) is 44.3 Å². The van der Waals surface area contributed by atoms with Crippen molar-refractivity contribution in [1.29, 1.82) is 0 Å². The summed E-state index contributed by atoms with van der Waals surface area (Å²) in [5, 5.41) is 4.25. The summed E-state index contributed by atoms with van der Waals surface area (Å²) < 4.78 is 0. The van der Waals surface area contributed by atoms with Crippen molar-refractivity contribution < 1.29 is 0 Å². The fraction of sp³-hybridized carbons (Fsp3) is 0.647. The van der Waals surface area contributed by atoms with Crippen molar-refractivity contribution in [2.45, 2.75) is 39.8 Å². The summed E-state index contributed by atoms with van der Waals surface area (Å²) in [6.45, 7) is 13.1. The van der Waals surface area contributed by atoms with Gasteiger partial charge in [-0.15, -0.1) is 0 Å². The van der Waals surface area contributed by atoms with Crippen LogP contribution in [0.3, 0.4) is 0 Å². The predicted molar refractivity (Wildman–Crippen MR) is 92.4 cm³/mol. The molecule has 1 N–H and O–H groups in total. The highest BCUT2D eigenvalue weighted by molar-refractivity contribution is 6.30. The Morgan fingerprint density at radius 2 is 2.05 bits per heavy atom. The monoisotopic (exact) mass is 309 g/mol. The van der Waals surface area contributed by atoms with E-state index in [9.17, 15) is 0 Å². The number of likely N-dealkylation sites (N-methyl/N-ethyl adjacent to an activating group) is 1. The van der Waals surface area contributed by atoms with Crippen LogP contribution in [0, 0.1) is 0 Å². The van der Waals surface area contributed by atoms with E-state index >= 15 is 0 Å². The number of nitrogens with zero attached hydrogens (tertiary/aromatic N) is 2. The molecule has 0 saturated carbocycles. The molecule has 118 valence electrons. The van der Waals surface area contributed by atoms with Gasteiger partial charge in [-0.1, -0.05) is 38.4 Å². The van der Waals surface area contributed by atoms with Crippen molar-refractivity contribution in [3.05, 3.63) is 28.8 Å². The van der Waals surface area contributed by atoms with Crippen molar-refractivity contribution in [2.24, 2.45) is 0 Å². The lowest BCUT2D eigenvalue weighted by Crippen LogP contribution is -2.37. The molecule has 21 heavy (non-hydrogen) atoms. The van der Waals surface area contributed by atoms with E-state index in [1.165, 1.54) is 17.7 Å². The van der Waals surface area contributed by atoms with Gasteiger partial charge in [0, 0.05) is 36.4 Å². The maximum atomic E-state index is 6.23. The Balaban J connectivity index is 2.12. The fourth-order valence-electron chi connectivity index (χ4n) is 3.24. The van der Waals surface area contributed by atoms with Gasteiger partial charge in [-0.3, -0.25) is 4.90 Å². The Morgan fingerprint density at radius 3 is 2.71 bits per heavy atom. The summed E-state index contributed by atoms with van der Waals surface area (Å²) >= 11 is 6.23. The van der Waals surface area contributed by atoms with Crippen LogP contribution in [0.15, 0.2) is 18.2 Å². The number of halogens is 1. The number of anilines is 1. The van der Waals surface area contributed by atoms with E-state index in [1.54, 1.807) is 0 Å². The molecule has 2 rings (SSSR count). The van der Waals surface area contributed by atoms with Gasteiger partial charge >= 0.3 is 0 Å². The van der Waals surface area contributed by atoms with Crippen LogP contribution in [0.4, 0.5) is 5.69 Å². The molecule has 0 radical (unpaired) electrons. The first kappa shape index (κ1) is 16.6. The van der Waals surface area contributed by atoms with Crippen molar-refractivity contribution in [3.8, 4) is 0 Å². The van der Waals surface area contributed by atoms with Crippen LogP contribution < -0.4 is 10.2 Å². The van der Waals surface area contributed by atoms with Crippen LogP contribution in [-0.2, 0) is 6.54 Å². The van der Waals surface area contributed by atoms with E-state index in [1.807, 2.05) is 6.07 Å². The van der Waals surface area contributed by atoms with Crippen LogP contribution in [-0.4, -0.2) is 43.7 Å². The molecule has 0 spiro atoms. The second-order valence-corrected chi connectivity index (χ2v) is 6.10. The predicted octanol–water partition coefficient (Wildman–Crippen LogP) is 3.37. The van der Waals surface area contributed by atoms with E-state index < -0.39 is 0 Å². The van der Waals surface area contributed by atoms with E-state index in [4.69, 9.17) is 11.6 Å². The molecule has 1 aromatic carbocycles. The molecule has 0 aromatic heterocycles.